The lowest BCUT2D eigenvalue weighted by Crippen LogP contribution is -2.21. The van der Waals surface area contributed by atoms with Crippen molar-refractivity contribution in [2.45, 2.75) is 32.6 Å². The summed E-state index contributed by atoms with van der Waals surface area (Å²) in [6, 6.07) is 0. The Balaban J connectivity index is 1.76. The molecule has 0 aromatic heterocycles. The molecule has 1 nitrogen and oxygen atoms in total. The van der Waals surface area contributed by atoms with Gasteiger partial charge in [0.15, 0.2) is 0 Å². The molecule has 0 bridgehead atoms. The van der Waals surface area contributed by atoms with Crippen molar-refractivity contribution in [3.05, 3.63) is 0 Å². The Morgan fingerprint density at radius 3 is 2.67 bits per heavy atom. The van der Waals surface area contributed by atoms with E-state index in [2.05, 4.69) is 23.7 Å². The third kappa shape index (κ3) is 1.64. The fourth-order valence-corrected chi connectivity index (χ4v) is 2.04. The van der Waals surface area contributed by atoms with Crippen LogP contribution in [0.2, 0.25) is 0 Å². The van der Waals surface area contributed by atoms with Crippen molar-refractivity contribution < 1.29 is 0 Å². The van der Waals surface area contributed by atoms with Gasteiger partial charge in [0, 0.05) is 13.0 Å². The van der Waals surface area contributed by atoms with Gasteiger partial charge in [0.05, 0.1) is 6.54 Å². The molecule has 0 amide bonds. The molecule has 2 rings (SSSR count). The van der Waals surface area contributed by atoms with E-state index in [1.54, 1.807) is 0 Å². The molecule has 0 aromatic rings. The van der Waals surface area contributed by atoms with E-state index >= 15 is 0 Å². The molecule has 66 valence electrons. The molecule has 12 heavy (non-hydrogen) atoms. The van der Waals surface area contributed by atoms with Crippen LogP contribution < -0.4 is 0 Å². The van der Waals surface area contributed by atoms with Gasteiger partial charge in [0.1, 0.15) is 0 Å². The molecule has 2 aliphatic rings. The first-order valence-corrected chi connectivity index (χ1v) is 5.03. The quantitative estimate of drug-likeness (QED) is 0.533. The van der Waals surface area contributed by atoms with Crippen LogP contribution in [0.15, 0.2) is 0 Å². The summed E-state index contributed by atoms with van der Waals surface area (Å²) in [6.45, 7) is 5.73. The minimum atomic E-state index is 0.772. The molecule has 1 spiro atoms. The van der Waals surface area contributed by atoms with Crippen molar-refractivity contribution in [3.8, 4) is 11.8 Å². The van der Waals surface area contributed by atoms with E-state index in [0.29, 0.717) is 0 Å². The number of likely N-dealkylation sites (tertiary alicyclic amines) is 1. The largest absolute Gasteiger partial charge is 0.292 e. The predicted molar refractivity (Wildman–Crippen MR) is 50.8 cm³/mol. The van der Waals surface area contributed by atoms with Gasteiger partial charge in [0.25, 0.3) is 0 Å². The number of hydrogen-bond donors (Lipinski definition) is 0. The molecule has 0 N–H and O–H groups in total. The smallest absolute Gasteiger partial charge is 0.0601 e. The van der Waals surface area contributed by atoms with Crippen LogP contribution in [0.5, 0.6) is 0 Å². The van der Waals surface area contributed by atoms with Crippen LogP contribution in [-0.2, 0) is 0 Å². The number of nitrogens with zero attached hydrogens (tertiary/aromatic N) is 1. The molecule has 2 fully saturated rings. The van der Waals surface area contributed by atoms with Crippen LogP contribution in [0.3, 0.4) is 0 Å². The van der Waals surface area contributed by atoms with E-state index in [-0.39, 0.29) is 0 Å². The van der Waals surface area contributed by atoms with E-state index in [4.69, 9.17) is 0 Å². The SMILES string of the molecule is CCC#CCN1CCC2(CC2)C1. The highest BCUT2D eigenvalue weighted by atomic mass is 15.2. The van der Waals surface area contributed by atoms with Crippen LogP contribution >= 0.6 is 0 Å². The Bertz CT molecular complexity index is 217. The summed E-state index contributed by atoms with van der Waals surface area (Å²) < 4.78 is 0. The zero-order chi connectivity index (χ0) is 8.44. The summed E-state index contributed by atoms with van der Waals surface area (Å²) in [4.78, 5) is 2.51. The van der Waals surface area contributed by atoms with Crippen LogP contribution in [0.1, 0.15) is 32.6 Å². The second kappa shape index (κ2) is 3.11. The third-order valence-corrected chi connectivity index (χ3v) is 3.08. The van der Waals surface area contributed by atoms with Gasteiger partial charge in [-0.15, -0.1) is 5.92 Å². The average Bonchev–Trinajstić information content (AvgIpc) is 2.68. The van der Waals surface area contributed by atoms with Gasteiger partial charge in [-0.2, -0.15) is 0 Å². The van der Waals surface area contributed by atoms with Crippen LogP contribution in [0.4, 0.5) is 0 Å². The molecular weight excluding hydrogens is 146 g/mol. The molecule has 0 radical (unpaired) electrons. The zero-order valence-corrected chi connectivity index (χ0v) is 7.90. The molecular formula is C11H17N. The first-order chi connectivity index (χ1) is 5.85. The molecule has 1 saturated carbocycles. The number of hydrogen-bond acceptors (Lipinski definition) is 1. The Hall–Kier alpha value is -0.480. The topological polar surface area (TPSA) is 3.24 Å². The van der Waals surface area contributed by atoms with Gasteiger partial charge < -0.3 is 0 Å². The zero-order valence-electron chi connectivity index (χ0n) is 7.90. The van der Waals surface area contributed by atoms with Crippen molar-refractivity contribution in [2.75, 3.05) is 19.6 Å². The normalized spacial score (nSPS) is 25.4. The minimum absolute atomic E-state index is 0.772. The summed E-state index contributed by atoms with van der Waals surface area (Å²) >= 11 is 0. The summed E-state index contributed by atoms with van der Waals surface area (Å²) in [6.07, 6.45) is 5.38. The van der Waals surface area contributed by atoms with E-state index in [9.17, 15) is 0 Å². The van der Waals surface area contributed by atoms with Gasteiger partial charge in [-0.3, -0.25) is 4.90 Å². The van der Waals surface area contributed by atoms with Gasteiger partial charge in [-0.05, 0) is 31.2 Å². The fourth-order valence-electron chi connectivity index (χ4n) is 2.04. The predicted octanol–water partition coefficient (Wildman–Crippen LogP) is 1.89. The molecule has 0 aromatic carbocycles. The van der Waals surface area contributed by atoms with Gasteiger partial charge >= 0.3 is 0 Å². The van der Waals surface area contributed by atoms with Crippen molar-refractivity contribution in [1.82, 2.24) is 4.90 Å². The molecule has 1 heterocycles. The van der Waals surface area contributed by atoms with E-state index in [1.165, 1.54) is 32.4 Å². The maximum atomic E-state index is 3.22. The molecule has 1 aliphatic carbocycles. The van der Waals surface area contributed by atoms with Crippen LogP contribution in [0, 0.1) is 17.3 Å². The first kappa shape index (κ1) is 8.13. The second-order valence-electron chi connectivity index (χ2n) is 4.17. The summed E-state index contributed by atoms with van der Waals surface area (Å²) in [7, 11) is 0. The lowest BCUT2D eigenvalue weighted by molar-refractivity contribution is 0.359. The Morgan fingerprint density at radius 2 is 2.08 bits per heavy atom. The molecule has 0 atom stereocenters. The molecule has 0 unspecified atom stereocenters. The third-order valence-electron chi connectivity index (χ3n) is 3.08. The van der Waals surface area contributed by atoms with E-state index in [0.717, 1.165) is 18.4 Å². The standard InChI is InChI=1S/C11H17N/c1-2-3-4-8-12-9-7-11(10-12)5-6-11/h2,5-10H2,1H3. The summed E-state index contributed by atoms with van der Waals surface area (Å²) in [5, 5.41) is 0. The second-order valence-corrected chi connectivity index (χ2v) is 4.17. The Morgan fingerprint density at radius 1 is 1.25 bits per heavy atom. The van der Waals surface area contributed by atoms with Gasteiger partial charge in [-0.25, -0.2) is 0 Å². The first-order valence-electron chi connectivity index (χ1n) is 5.03. The summed E-state index contributed by atoms with van der Waals surface area (Å²) in [5.41, 5.74) is 0.772. The molecule has 1 heteroatoms. The highest BCUT2D eigenvalue weighted by molar-refractivity contribution is 5.05. The highest BCUT2D eigenvalue weighted by Crippen LogP contribution is 2.52. The van der Waals surface area contributed by atoms with Crippen LogP contribution in [0.25, 0.3) is 0 Å². The monoisotopic (exact) mass is 163 g/mol. The number of rotatable bonds is 1. The van der Waals surface area contributed by atoms with Crippen molar-refractivity contribution in [1.29, 1.82) is 0 Å². The maximum Gasteiger partial charge on any atom is 0.0601 e. The minimum Gasteiger partial charge on any atom is -0.292 e. The van der Waals surface area contributed by atoms with Crippen molar-refractivity contribution in [3.63, 3.8) is 0 Å². The maximum absolute atomic E-state index is 3.22. The Kier molecular flexibility index (Phi) is 2.11. The van der Waals surface area contributed by atoms with Gasteiger partial charge in [0.2, 0.25) is 0 Å². The average molecular weight is 163 g/mol. The van der Waals surface area contributed by atoms with Crippen molar-refractivity contribution >= 4 is 0 Å². The Labute approximate surface area is 75.1 Å². The highest BCUT2D eigenvalue weighted by Gasteiger charge is 2.47. The molecule has 1 aliphatic heterocycles. The van der Waals surface area contributed by atoms with Crippen LogP contribution in [-0.4, -0.2) is 24.5 Å². The lowest BCUT2D eigenvalue weighted by Gasteiger charge is -2.10. The van der Waals surface area contributed by atoms with Gasteiger partial charge in [-0.1, -0.05) is 12.8 Å². The van der Waals surface area contributed by atoms with Crippen molar-refractivity contribution in [2.24, 2.45) is 5.41 Å². The molecule has 1 saturated heterocycles. The lowest BCUT2D eigenvalue weighted by atomic mass is 10.1. The summed E-state index contributed by atoms with van der Waals surface area (Å²) in [5.74, 6) is 6.35. The fraction of sp³-hybridized carbons (Fsp3) is 0.818. The van der Waals surface area contributed by atoms with E-state index in [1.807, 2.05) is 0 Å². The van der Waals surface area contributed by atoms with E-state index < -0.39 is 0 Å².